The number of benzene rings is 1. The van der Waals surface area contributed by atoms with Gasteiger partial charge < -0.3 is 11.1 Å². The van der Waals surface area contributed by atoms with Gasteiger partial charge in [0.1, 0.15) is 0 Å². The number of carbonyl (C=O) groups is 1. The van der Waals surface area contributed by atoms with Crippen molar-refractivity contribution >= 4 is 5.91 Å². The maximum atomic E-state index is 12.2. The van der Waals surface area contributed by atoms with Crippen molar-refractivity contribution in [3.63, 3.8) is 0 Å². The molecule has 3 nitrogen and oxygen atoms in total. The van der Waals surface area contributed by atoms with Crippen LogP contribution in [0.3, 0.4) is 0 Å². The van der Waals surface area contributed by atoms with Crippen LogP contribution in [0.25, 0.3) is 0 Å². The molecular weight excluding hydrogens is 248 g/mol. The molecule has 2 rings (SSSR count). The van der Waals surface area contributed by atoms with Gasteiger partial charge in [0.15, 0.2) is 0 Å². The van der Waals surface area contributed by atoms with Crippen molar-refractivity contribution in [1.29, 1.82) is 0 Å². The first-order valence-electron chi connectivity index (χ1n) is 7.75. The number of nitrogens with one attached hydrogen (secondary N) is 1. The van der Waals surface area contributed by atoms with Crippen molar-refractivity contribution in [1.82, 2.24) is 5.32 Å². The van der Waals surface area contributed by atoms with Crippen LogP contribution in [-0.2, 0) is 4.79 Å². The zero-order valence-electron chi connectivity index (χ0n) is 12.4. The number of amides is 1. The largest absolute Gasteiger partial charge is 0.353 e. The number of aryl methyl sites for hydroxylation is 1. The van der Waals surface area contributed by atoms with Crippen LogP contribution >= 0.6 is 0 Å². The zero-order valence-corrected chi connectivity index (χ0v) is 12.4. The molecule has 1 amide bonds. The summed E-state index contributed by atoms with van der Waals surface area (Å²) in [7, 11) is 0. The normalized spacial score (nSPS) is 17.7. The van der Waals surface area contributed by atoms with Gasteiger partial charge in [0, 0.05) is 18.4 Å². The first kappa shape index (κ1) is 15.0. The molecule has 0 aliphatic heterocycles. The van der Waals surface area contributed by atoms with Crippen LogP contribution in [0, 0.1) is 6.92 Å². The van der Waals surface area contributed by atoms with Gasteiger partial charge in [-0.2, -0.15) is 0 Å². The van der Waals surface area contributed by atoms with Crippen molar-refractivity contribution in [3.05, 3.63) is 35.4 Å². The first-order chi connectivity index (χ1) is 9.69. The summed E-state index contributed by atoms with van der Waals surface area (Å²) in [6, 6.07) is 8.68. The standard InChI is InChI=1S/C17H26N2O/c1-13-6-5-7-14(10-13)15(12-18)11-17(20)19-16-8-3-2-4-9-16/h5-7,10,15-16H,2-4,8-9,11-12,18H2,1H3,(H,19,20). The summed E-state index contributed by atoms with van der Waals surface area (Å²) < 4.78 is 0. The molecule has 0 spiro atoms. The molecule has 1 unspecified atom stereocenters. The molecule has 1 aliphatic carbocycles. The van der Waals surface area contributed by atoms with Crippen molar-refractivity contribution in [3.8, 4) is 0 Å². The van der Waals surface area contributed by atoms with Crippen LogP contribution in [-0.4, -0.2) is 18.5 Å². The first-order valence-corrected chi connectivity index (χ1v) is 7.75. The van der Waals surface area contributed by atoms with Gasteiger partial charge in [-0.3, -0.25) is 4.79 Å². The lowest BCUT2D eigenvalue weighted by atomic mass is 9.92. The minimum absolute atomic E-state index is 0.124. The van der Waals surface area contributed by atoms with Gasteiger partial charge in [-0.15, -0.1) is 0 Å². The second kappa shape index (κ2) is 7.44. The molecule has 1 saturated carbocycles. The summed E-state index contributed by atoms with van der Waals surface area (Å²) in [4.78, 5) is 12.2. The van der Waals surface area contributed by atoms with E-state index in [4.69, 9.17) is 5.73 Å². The fraction of sp³-hybridized carbons (Fsp3) is 0.588. The van der Waals surface area contributed by atoms with E-state index in [0.29, 0.717) is 19.0 Å². The molecule has 3 N–H and O–H groups in total. The van der Waals surface area contributed by atoms with Gasteiger partial charge in [-0.25, -0.2) is 0 Å². The molecule has 0 aromatic heterocycles. The van der Waals surface area contributed by atoms with Crippen molar-refractivity contribution < 1.29 is 4.79 Å². The summed E-state index contributed by atoms with van der Waals surface area (Å²) in [6.07, 6.45) is 6.54. The van der Waals surface area contributed by atoms with Crippen LogP contribution in [0.2, 0.25) is 0 Å². The highest BCUT2D eigenvalue weighted by Crippen LogP contribution is 2.21. The Bertz CT molecular complexity index is 438. The van der Waals surface area contributed by atoms with Crippen molar-refractivity contribution in [2.75, 3.05) is 6.54 Å². The van der Waals surface area contributed by atoms with E-state index in [-0.39, 0.29) is 11.8 Å². The summed E-state index contributed by atoms with van der Waals surface area (Å²) >= 11 is 0. The third-order valence-electron chi connectivity index (χ3n) is 4.20. The van der Waals surface area contributed by atoms with Crippen LogP contribution < -0.4 is 11.1 Å². The average Bonchev–Trinajstić information content (AvgIpc) is 2.46. The van der Waals surface area contributed by atoms with E-state index in [1.54, 1.807) is 0 Å². The van der Waals surface area contributed by atoms with E-state index in [0.717, 1.165) is 12.8 Å². The Morgan fingerprint density at radius 3 is 2.75 bits per heavy atom. The minimum Gasteiger partial charge on any atom is -0.353 e. The lowest BCUT2D eigenvalue weighted by Gasteiger charge is -2.24. The van der Waals surface area contributed by atoms with Gasteiger partial charge in [-0.1, -0.05) is 49.1 Å². The third-order valence-corrected chi connectivity index (χ3v) is 4.20. The van der Waals surface area contributed by atoms with Gasteiger partial charge >= 0.3 is 0 Å². The highest BCUT2D eigenvalue weighted by atomic mass is 16.1. The van der Waals surface area contributed by atoms with E-state index in [1.165, 1.54) is 30.4 Å². The number of hydrogen-bond donors (Lipinski definition) is 2. The quantitative estimate of drug-likeness (QED) is 0.867. The van der Waals surface area contributed by atoms with Gasteiger partial charge in [0.05, 0.1) is 0 Å². The van der Waals surface area contributed by atoms with Gasteiger partial charge in [0.25, 0.3) is 0 Å². The Labute approximate surface area is 121 Å². The zero-order chi connectivity index (χ0) is 14.4. The predicted octanol–water partition coefficient (Wildman–Crippen LogP) is 2.88. The lowest BCUT2D eigenvalue weighted by molar-refractivity contribution is -0.122. The van der Waals surface area contributed by atoms with Crippen molar-refractivity contribution in [2.24, 2.45) is 5.73 Å². The second-order valence-electron chi connectivity index (χ2n) is 5.95. The molecule has 1 atom stereocenters. The average molecular weight is 274 g/mol. The summed E-state index contributed by atoms with van der Waals surface area (Å²) in [5.41, 5.74) is 8.25. The molecule has 0 radical (unpaired) electrons. The molecule has 3 heteroatoms. The molecule has 1 fully saturated rings. The number of carbonyl (C=O) groups excluding carboxylic acids is 1. The Morgan fingerprint density at radius 1 is 1.35 bits per heavy atom. The molecule has 110 valence electrons. The van der Waals surface area contributed by atoms with E-state index < -0.39 is 0 Å². The summed E-state index contributed by atoms with van der Waals surface area (Å²) in [6.45, 7) is 2.58. The smallest absolute Gasteiger partial charge is 0.220 e. The molecule has 0 heterocycles. The maximum absolute atomic E-state index is 12.2. The van der Waals surface area contributed by atoms with E-state index in [2.05, 4.69) is 30.4 Å². The Balaban J connectivity index is 1.90. The highest BCUT2D eigenvalue weighted by Gasteiger charge is 2.19. The third kappa shape index (κ3) is 4.34. The minimum atomic E-state index is 0.124. The topological polar surface area (TPSA) is 55.1 Å². The maximum Gasteiger partial charge on any atom is 0.220 e. The molecule has 1 aromatic rings. The monoisotopic (exact) mass is 274 g/mol. The van der Waals surface area contributed by atoms with Crippen LogP contribution in [0.15, 0.2) is 24.3 Å². The van der Waals surface area contributed by atoms with Gasteiger partial charge in [0.2, 0.25) is 5.91 Å². The fourth-order valence-electron chi connectivity index (χ4n) is 3.02. The molecule has 1 aliphatic rings. The van der Waals surface area contributed by atoms with E-state index >= 15 is 0 Å². The Kier molecular flexibility index (Phi) is 5.60. The number of rotatable bonds is 5. The lowest BCUT2D eigenvalue weighted by Crippen LogP contribution is -2.37. The fourth-order valence-corrected chi connectivity index (χ4v) is 3.02. The highest BCUT2D eigenvalue weighted by molar-refractivity contribution is 5.77. The number of hydrogen-bond acceptors (Lipinski definition) is 2. The molecule has 0 bridgehead atoms. The predicted molar refractivity (Wildman–Crippen MR) is 82.6 cm³/mol. The van der Waals surface area contributed by atoms with Gasteiger partial charge in [-0.05, 0) is 31.9 Å². The second-order valence-corrected chi connectivity index (χ2v) is 5.95. The molecule has 1 aromatic carbocycles. The van der Waals surface area contributed by atoms with Crippen molar-refractivity contribution in [2.45, 2.75) is 57.4 Å². The molecule has 20 heavy (non-hydrogen) atoms. The van der Waals surface area contributed by atoms with E-state index in [9.17, 15) is 4.79 Å². The van der Waals surface area contributed by atoms with Crippen LogP contribution in [0.1, 0.15) is 55.6 Å². The molecular formula is C17H26N2O. The Morgan fingerprint density at radius 2 is 2.10 bits per heavy atom. The van der Waals surface area contributed by atoms with Crippen LogP contribution in [0.5, 0.6) is 0 Å². The Hall–Kier alpha value is -1.35. The van der Waals surface area contributed by atoms with Crippen LogP contribution in [0.4, 0.5) is 0 Å². The summed E-state index contributed by atoms with van der Waals surface area (Å²) in [5.74, 6) is 0.271. The summed E-state index contributed by atoms with van der Waals surface area (Å²) in [5, 5.41) is 3.17. The molecule has 0 saturated heterocycles. The number of nitrogens with two attached hydrogens (primary N) is 1. The van der Waals surface area contributed by atoms with E-state index in [1.807, 2.05) is 6.07 Å². The SMILES string of the molecule is Cc1cccc(C(CN)CC(=O)NC2CCCCC2)c1.